The number of alkyl halides is 3. The Morgan fingerprint density at radius 1 is 1.06 bits per heavy atom. The number of anilines is 1. The van der Waals surface area contributed by atoms with Gasteiger partial charge in [0, 0.05) is 36.3 Å². The van der Waals surface area contributed by atoms with Gasteiger partial charge in [0.1, 0.15) is 5.82 Å². The van der Waals surface area contributed by atoms with Crippen molar-refractivity contribution in [2.24, 2.45) is 0 Å². The van der Waals surface area contributed by atoms with Gasteiger partial charge < -0.3 is 10.6 Å². The Morgan fingerprint density at radius 3 is 2.59 bits per heavy atom. The lowest BCUT2D eigenvalue weighted by molar-refractivity contribution is -0.137. The molecule has 2 heterocycles. The first-order valence-electron chi connectivity index (χ1n) is 9.33. The second-order valence-electron chi connectivity index (χ2n) is 6.51. The minimum absolute atomic E-state index is 0.000308. The summed E-state index contributed by atoms with van der Waals surface area (Å²) in [6.45, 7) is 0.127. The third-order valence-corrected chi connectivity index (χ3v) is 6.51. The standard InChI is InChI=1S/C20H19F3N4O3S2/c21-20(22,23)17-7-2-8-24-18(17)25-9-10-26-19(28)14-4-1-6-16(12-14)32(29,30)27-13-15-5-3-11-31-15/h1-8,11-12,27H,9-10,13H2,(H,24,25)(H,26,28). The molecule has 32 heavy (non-hydrogen) atoms. The van der Waals surface area contributed by atoms with Gasteiger partial charge in [-0.25, -0.2) is 18.1 Å². The summed E-state index contributed by atoms with van der Waals surface area (Å²) in [5, 5.41) is 6.91. The summed E-state index contributed by atoms with van der Waals surface area (Å²) in [5.74, 6) is -0.890. The summed E-state index contributed by atoms with van der Waals surface area (Å²) in [5.41, 5.74) is -0.794. The van der Waals surface area contributed by atoms with E-state index in [0.29, 0.717) is 0 Å². The fraction of sp³-hybridized carbons (Fsp3) is 0.200. The van der Waals surface area contributed by atoms with E-state index in [-0.39, 0.29) is 35.9 Å². The highest BCUT2D eigenvalue weighted by Gasteiger charge is 2.33. The summed E-state index contributed by atoms with van der Waals surface area (Å²) in [6.07, 6.45) is -3.32. The Balaban J connectivity index is 1.56. The molecule has 3 aromatic rings. The first-order chi connectivity index (χ1) is 15.2. The van der Waals surface area contributed by atoms with Gasteiger partial charge in [-0.05, 0) is 41.8 Å². The van der Waals surface area contributed by atoms with Crippen molar-refractivity contribution in [2.75, 3.05) is 18.4 Å². The third kappa shape index (κ3) is 6.28. The highest BCUT2D eigenvalue weighted by molar-refractivity contribution is 7.89. The van der Waals surface area contributed by atoms with Crippen molar-refractivity contribution in [2.45, 2.75) is 17.6 Å². The van der Waals surface area contributed by atoms with E-state index in [1.54, 1.807) is 6.07 Å². The van der Waals surface area contributed by atoms with Gasteiger partial charge in [0.05, 0.1) is 10.5 Å². The maximum atomic E-state index is 13.0. The first kappa shape index (κ1) is 23.7. The molecular weight excluding hydrogens is 465 g/mol. The highest BCUT2D eigenvalue weighted by atomic mass is 32.2. The largest absolute Gasteiger partial charge is 0.419 e. The maximum absolute atomic E-state index is 13.0. The lowest BCUT2D eigenvalue weighted by Crippen LogP contribution is -2.29. The Labute approximate surface area is 186 Å². The molecule has 170 valence electrons. The van der Waals surface area contributed by atoms with Gasteiger partial charge in [-0.1, -0.05) is 12.1 Å². The predicted molar refractivity (Wildman–Crippen MR) is 115 cm³/mol. The molecule has 0 fully saturated rings. The molecule has 2 aromatic heterocycles. The van der Waals surface area contributed by atoms with Gasteiger partial charge in [0.2, 0.25) is 10.0 Å². The lowest BCUT2D eigenvalue weighted by Gasteiger charge is -2.13. The number of amides is 1. The van der Waals surface area contributed by atoms with Crippen LogP contribution in [0.4, 0.5) is 19.0 Å². The number of pyridine rings is 1. The zero-order chi connectivity index (χ0) is 23.2. The quantitative estimate of drug-likeness (QED) is 0.404. The van der Waals surface area contributed by atoms with Gasteiger partial charge >= 0.3 is 6.18 Å². The van der Waals surface area contributed by atoms with Crippen LogP contribution in [0.15, 0.2) is 65.0 Å². The fourth-order valence-electron chi connectivity index (χ4n) is 2.70. The number of nitrogens with one attached hydrogen (secondary N) is 3. The smallest absolute Gasteiger partial charge is 0.368 e. The monoisotopic (exact) mass is 484 g/mol. The molecule has 0 bridgehead atoms. The van der Waals surface area contributed by atoms with Crippen LogP contribution in [0.3, 0.4) is 0 Å². The molecule has 7 nitrogen and oxygen atoms in total. The number of nitrogens with zero attached hydrogens (tertiary/aromatic N) is 1. The first-order valence-corrected chi connectivity index (χ1v) is 11.7. The molecule has 0 aliphatic heterocycles. The van der Waals surface area contributed by atoms with Crippen LogP contribution in [0.1, 0.15) is 20.8 Å². The van der Waals surface area contributed by atoms with Crippen LogP contribution in [0.5, 0.6) is 0 Å². The van der Waals surface area contributed by atoms with Gasteiger partial charge in [-0.2, -0.15) is 13.2 Å². The molecule has 0 saturated carbocycles. The molecule has 12 heteroatoms. The van der Waals surface area contributed by atoms with Gasteiger partial charge in [-0.15, -0.1) is 11.3 Å². The van der Waals surface area contributed by atoms with Crippen molar-refractivity contribution in [1.29, 1.82) is 0 Å². The zero-order valence-corrected chi connectivity index (χ0v) is 18.2. The normalized spacial score (nSPS) is 11.8. The van der Waals surface area contributed by atoms with E-state index in [1.807, 2.05) is 11.4 Å². The number of benzene rings is 1. The number of thiophene rings is 1. The molecular formula is C20H19F3N4O3S2. The molecule has 1 aromatic carbocycles. The molecule has 0 aliphatic carbocycles. The van der Waals surface area contributed by atoms with E-state index >= 15 is 0 Å². The summed E-state index contributed by atoms with van der Waals surface area (Å²) >= 11 is 1.41. The van der Waals surface area contributed by atoms with E-state index in [4.69, 9.17) is 0 Å². The number of rotatable bonds is 9. The van der Waals surface area contributed by atoms with Crippen molar-refractivity contribution < 1.29 is 26.4 Å². The summed E-state index contributed by atoms with van der Waals surface area (Å²) in [4.78, 5) is 16.8. The molecule has 3 rings (SSSR count). The number of aromatic nitrogens is 1. The topological polar surface area (TPSA) is 100 Å². The maximum Gasteiger partial charge on any atom is 0.419 e. The minimum atomic E-state index is -4.55. The fourth-order valence-corrected chi connectivity index (χ4v) is 4.49. The van der Waals surface area contributed by atoms with Gasteiger partial charge in [-0.3, -0.25) is 4.79 Å². The van der Waals surface area contributed by atoms with E-state index in [2.05, 4.69) is 20.3 Å². The lowest BCUT2D eigenvalue weighted by atomic mass is 10.2. The number of carbonyl (C=O) groups is 1. The number of hydrogen-bond donors (Lipinski definition) is 3. The van der Waals surface area contributed by atoms with Gasteiger partial charge in [0.25, 0.3) is 5.91 Å². The number of halogens is 3. The number of hydrogen-bond acceptors (Lipinski definition) is 6. The Morgan fingerprint density at radius 2 is 1.88 bits per heavy atom. The summed E-state index contributed by atoms with van der Waals surface area (Å²) in [7, 11) is -3.82. The van der Waals surface area contributed by atoms with Crippen LogP contribution < -0.4 is 15.4 Å². The van der Waals surface area contributed by atoms with E-state index in [9.17, 15) is 26.4 Å². The van der Waals surface area contributed by atoms with Crippen LogP contribution in [0.25, 0.3) is 0 Å². The Kier molecular flexibility index (Phi) is 7.48. The van der Waals surface area contributed by atoms with Crippen molar-refractivity contribution >= 4 is 33.1 Å². The molecule has 1 amide bonds. The van der Waals surface area contributed by atoms with E-state index < -0.39 is 27.7 Å². The Hall–Kier alpha value is -2.96. The van der Waals surface area contributed by atoms with Crippen LogP contribution in [-0.4, -0.2) is 32.4 Å². The number of sulfonamides is 1. The van der Waals surface area contributed by atoms with Crippen LogP contribution in [0, 0.1) is 0 Å². The predicted octanol–water partition coefficient (Wildman–Crippen LogP) is 3.48. The zero-order valence-electron chi connectivity index (χ0n) is 16.5. The molecule has 0 radical (unpaired) electrons. The van der Waals surface area contributed by atoms with E-state index in [1.165, 1.54) is 47.9 Å². The van der Waals surface area contributed by atoms with Crippen molar-refractivity contribution in [3.8, 4) is 0 Å². The highest BCUT2D eigenvalue weighted by Crippen LogP contribution is 2.33. The van der Waals surface area contributed by atoms with Crippen LogP contribution >= 0.6 is 11.3 Å². The van der Waals surface area contributed by atoms with Crippen LogP contribution in [-0.2, 0) is 22.7 Å². The molecule has 0 aliphatic rings. The molecule has 0 unspecified atom stereocenters. The number of carbonyl (C=O) groups excluding carboxylic acids is 1. The van der Waals surface area contributed by atoms with Crippen molar-refractivity contribution in [1.82, 2.24) is 15.0 Å². The van der Waals surface area contributed by atoms with Crippen molar-refractivity contribution in [3.05, 3.63) is 76.1 Å². The summed E-state index contributed by atoms with van der Waals surface area (Å²) in [6, 6.07) is 11.2. The minimum Gasteiger partial charge on any atom is -0.368 e. The molecule has 0 saturated heterocycles. The SMILES string of the molecule is O=C(NCCNc1ncccc1C(F)(F)F)c1cccc(S(=O)(=O)NCc2cccs2)c1. The molecule has 3 N–H and O–H groups in total. The molecule has 0 atom stereocenters. The third-order valence-electron chi connectivity index (χ3n) is 4.24. The Bertz CT molecular complexity index is 1170. The van der Waals surface area contributed by atoms with Crippen molar-refractivity contribution in [3.63, 3.8) is 0 Å². The van der Waals surface area contributed by atoms with E-state index in [0.717, 1.165) is 10.9 Å². The van der Waals surface area contributed by atoms with Crippen LogP contribution in [0.2, 0.25) is 0 Å². The summed E-state index contributed by atoms with van der Waals surface area (Å²) < 4.78 is 66.4. The van der Waals surface area contributed by atoms with Gasteiger partial charge in [0.15, 0.2) is 0 Å². The molecule has 0 spiro atoms. The second kappa shape index (κ2) is 10.1. The average Bonchev–Trinajstić information content (AvgIpc) is 3.29. The second-order valence-corrected chi connectivity index (χ2v) is 9.31. The average molecular weight is 485 g/mol.